The first-order chi connectivity index (χ1) is 25.7. The van der Waals surface area contributed by atoms with Crippen LogP contribution >= 0.6 is 11.3 Å². The number of aromatic nitrogens is 1. The molecule has 0 saturated carbocycles. The van der Waals surface area contributed by atoms with Crippen LogP contribution in [0.5, 0.6) is 11.5 Å². The number of piperidine rings is 2. The molecule has 2 saturated heterocycles. The number of ether oxygens (including phenoxy) is 2. The maximum atomic E-state index is 15.8. The number of amides is 4. The van der Waals surface area contributed by atoms with E-state index in [1.54, 1.807) is 45.7 Å². The Morgan fingerprint density at radius 1 is 1.04 bits per heavy atom. The van der Waals surface area contributed by atoms with E-state index < -0.39 is 36.4 Å². The number of nitrogens with zero attached hydrogens (tertiary/aromatic N) is 4. The van der Waals surface area contributed by atoms with Crippen LogP contribution in [0.4, 0.5) is 14.5 Å². The van der Waals surface area contributed by atoms with Crippen LogP contribution in [0, 0.1) is 0 Å². The second kappa shape index (κ2) is 14.1. The normalized spacial score (nSPS) is 19.7. The first-order valence-electron chi connectivity index (χ1n) is 17.4. The zero-order chi connectivity index (χ0) is 38.6. The number of imide groups is 1. The number of halogens is 2. The van der Waals surface area contributed by atoms with Crippen molar-refractivity contribution in [3.05, 3.63) is 74.5 Å². The van der Waals surface area contributed by atoms with Crippen molar-refractivity contribution >= 4 is 50.7 Å². The Morgan fingerprint density at radius 2 is 1.76 bits per heavy atom. The fraction of sp³-hybridized carbons (Fsp3) is 0.395. The molecule has 7 rings (SSSR count). The van der Waals surface area contributed by atoms with Crippen molar-refractivity contribution in [3.63, 3.8) is 0 Å². The summed E-state index contributed by atoms with van der Waals surface area (Å²) in [6.45, 7) is 0.211. The number of carbonyl (C=O) groups excluding carboxylic acids is 4. The number of thiophene rings is 1. The molecule has 0 bridgehead atoms. The van der Waals surface area contributed by atoms with E-state index in [-0.39, 0.29) is 60.0 Å². The molecule has 4 aromatic rings. The molecule has 2 fully saturated rings. The van der Waals surface area contributed by atoms with Crippen molar-refractivity contribution < 1.29 is 37.4 Å². The van der Waals surface area contributed by atoms with E-state index in [1.165, 1.54) is 20.4 Å². The fourth-order valence-corrected chi connectivity index (χ4v) is 8.59. The molecule has 2 unspecified atom stereocenters. The van der Waals surface area contributed by atoms with Crippen LogP contribution in [-0.4, -0.2) is 97.4 Å². The van der Waals surface area contributed by atoms with E-state index >= 15 is 8.78 Å². The van der Waals surface area contributed by atoms with Crippen LogP contribution in [0.15, 0.2) is 47.4 Å². The number of methoxy groups -OCH3 is 2. The summed E-state index contributed by atoms with van der Waals surface area (Å²) in [5, 5.41) is 5.10. The van der Waals surface area contributed by atoms with E-state index in [4.69, 9.17) is 9.47 Å². The van der Waals surface area contributed by atoms with Crippen molar-refractivity contribution in [2.24, 2.45) is 7.05 Å². The molecule has 16 heteroatoms. The Hall–Kier alpha value is -5.35. The van der Waals surface area contributed by atoms with E-state index in [0.29, 0.717) is 50.7 Å². The van der Waals surface area contributed by atoms with Crippen LogP contribution < -0.4 is 30.6 Å². The predicted octanol–water partition coefficient (Wildman–Crippen LogP) is 3.75. The summed E-state index contributed by atoms with van der Waals surface area (Å²) in [6.07, 6.45) is 1.96. The highest BCUT2D eigenvalue weighted by atomic mass is 32.1. The Kier molecular flexibility index (Phi) is 9.68. The van der Waals surface area contributed by atoms with Gasteiger partial charge >= 0.3 is 0 Å². The second-order valence-corrected chi connectivity index (χ2v) is 15.2. The molecular formula is C38H40F2N6O7S. The standard InChI is InChI=1S/C38H40F2N6O7S/c1-43(2)17-26-28(52-4)13-20(14-29(26)53-5)25-18-44(3)36(50)24-15-30(54-33(24)25)35(49)41-31-10-11-45(19-38(31,39)40)22-6-7-23-21(12-22)16-46(37(23)51)27-8-9-32(47)42-34(27)48/h6-7,12-15,18,27,31H,8-11,16-17,19H2,1-5H3,(H,41,49)(H,42,47,48). The molecule has 284 valence electrons. The van der Waals surface area contributed by atoms with Crippen LogP contribution in [0.2, 0.25) is 0 Å². The average molecular weight is 763 g/mol. The number of nitrogens with one attached hydrogen (secondary N) is 2. The molecule has 2 atom stereocenters. The summed E-state index contributed by atoms with van der Waals surface area (Å²) in [6, 6.07) is 7.77. The van der Waals surface area contributed by atoms with Gasteiger partial charge in [0.05, 0.1) is 42.6 Å². The lowest BCUT2D eigenvalue weighted by atomic mass is 9.99. The van der Waals surface area contributed by atoms with E-state index in [0.717, 1.165) is 16.9 Å². The van der Waals surface area contributed by atoms with Crippen molar-refractivity contribution in [2.45, 2.75) is 50.4 Å². The highest BCUT2D eigenvalue weighted by Crippen LogP contribution is 2.40. The van der Waals surface area contributed by atoms with Crippen molar-refractivity contribution in [1.29, 1.82) is 0 Å². The molecule has 54 heavy (non-hydrogen) atoms. The Labute approximate surface area is 313 Å². The van der Waals surface area contributed by atoms with Crippen LogP contribution in [0.25, 0.3) is 21.2 Å². The van der Waals surface area contributed by atoms with Gasteiger partial charge in [-0.05, 0) is 74.5 Å². The van der Waals surface area contributed by atoms with Crippen LogP contribution in [0.1, 0.15) is 50.4 Å². The Balaban J connectivity index is 1.09. The fourth-order valence-electron chi connectivity index (χ4n) is 7.50. The van der Waals surface area contributed by atoms with Gasteiger partial charge in [0, 0.05) is 60.8 Å². The number of hydrogen-bond donors (Lipinski definition) is 2. The molecular weight excluding hydrogens is 723 g/mol. The van der Waals surface area contributed by atoms with E-state index in [1.807, 2.05) is 31.1 Å². The quantitative estimate of drug-likeness (QED) is 0.244. The van der Waals surface area contributed by atoms with Crippen molar-refractivity contribution in [3.8, 4) is 22.6 Å². The number of hydrogen-bond acceptors (Lipinski definition) is 10. The van der Waals surface area contributed by atoms with Gasteiger partial charge in [0.15, 0.2) is 0 Å². The number of benzene rings is 2. The number of anilines is 1. The minimum absolute atomic E-state index is 0.0616. The van der Waals surface area contributed by atoms with Crippen LogP contribution in [0.3, 0.4) is 0 Å². The van der Waals surface area contributed by atoms with Gasteiger partial charge in [0.2, 0.25) is 11.8 Å². The van der Waals surface area contributed by atoms with Gasteiger partial charge in [0.25, 0.3) is 23.3 Å². The molecule has 3 aliphatic heterocycles. The number of alkyl halides is 2. The van der Waals surface area contributed by atoms with Gasteiger partial charge in [-0.3, -0.25) is 29.3 Å². The van der Waals surface area contributed by atoms with Crippen molar-refractivity contribution in [1.82, 2.24) is 25.0 Å². The number of aryl methyl sites for hydroxylation is 1. The van der Waals surface area contributed by atoms with Gasteiger partial charge in [-0.1, -0.05) is 0 Å². The first-order valence-corrected chi connectivity index (χ1v) is 18.2. The predicted molar refractivity (Wildman–Crippen MR) is 199 cm³/mol. The molecule has 0 spiro atoms. The van der Waals surface area contributed by atoms with Gasteiger partial charge < -0.3 is 34.1 Å². The molecule has 0 radical (unpaired) electrons. The van der Waals surface area contributed by atoms with Crippen molar-refractivity contribution in [2.75, 3.05) is 46.3 Å². The van der Waals surface area contributed by atoms with Gasteiger partial charge in [0.1, 0.15) is 17.5 Å². The largest absolute Gasteiger partial charge is 0.496 e. The molecule has 3 aliphatic rings. The SMILES string of the molecule is COc1cc(-c2cn(C)c(=O)c3cc(C(=O)NC4CCN(c5ccc6c(c5)CN(C5CCC(=O)NC5=O)C6=O)CC4(F)F)sc23)cc(OC)c1CN(C)C. The minimum Gasteiger partial charge on any atom is -0.496 e. The monoisotopic (exact) mass is 762 g/mol. The molecule has 13 nitrogen and oxygen atoms in total. The third-order valence-electron chi connectivity index (χ3n) is 10.2. The lowest BCUT2D eigenvalue weighted by Gasteiger charge is -2.39. The summed E-state index contributed by atoms with van der Waals surface area (Å²) in [5.41, 5.74) is 3.35. The summed E-state index contributed by atoms with van der Waals surface area (Å²) in [5.74, 6) is -4.10. The summed E-state index contributed by atoms with van der Waals surface area (Å²) in [7, 11) is 8.60. The van der Waals surface area contributed by atoms with E-state index in [2.05, 4.69) is 10.6 Å². The number of pyridine rings is 1. The summed E-state index contributed by atoms with van der Waals surface area (Å²) in [4.78, 5) is 69.0. The summed E-state index contributed by atoms with van der Waals surface area (Å²) < 4.78 is 44.9. The number of carbonyl (C=O) groups is 4. The highest BCUT2D eigenvalue weighted by Gasteiger charge is 2.46. The highest BCUT2D eigenvalue weighted by molar-refractivity contribution is 7.21. The Morgan fingerprint density at radius 3 is 2.41 bits per heavy atom. The van der Waals surface area contributed by atoms with E-state index in [9.17, 15) is 24.0 Å². The lowest BCUT2D eigenvalue weighted by molar-refractivity contribution is -0.136. The zero-order valence-electron chi connectivity index (χ0n) is 30.5. The molecule has 0 aliphatic carbocycles. The Bertz CT molecular complexity index is 2240. The lowest BCUT2D eigenvalue weighted by Crippen LogP contribution is -2.58. The number of fused-ring (bicyclic) bond motifs is 2. The molecule has 2 N–H and O–H groups in total. The molecule has 2 aromatic carbocycles. The zero-order valence-corrected chi connectivity index (χ0v) is 31.3. The van der Waals surface area contributed by atoms with Gasteiger partial charge in [-0.2, -0.15) is 0 Å². The molecule has 2 aromatic heterocycles. The number of rotatable bonds is 9. The second-order valence-electron chi connectivity index (χ2n) is 14.1. The minimum atomic E-state index is -3.32. The maximum absolute atomic E-state index is 15.8. The molecule has 5 heterocycles. The summed E-state index contributed by atoms with van der Waals surface area (Å²) >= 11 is 1.06. The topological polar surface area (TPSA) is 143 Å². The molecule has 4 amide bonds. The van der Waals surface area contributed by atoms with Gasteiger partial charge in [-0.15, -0.1) is 11.3 Å². The first kappa shape index (κ1) is 37.0. The maximum Gasteiger partial charge on any atom is 0.284 e. The smallest absolute Gasteiger partial charge is 0.284 e. The average Bonchev–Trinajstić information content (AvgIpc) is 3.72. The third kappa shape index (κ3) is 6.68. The third-order valence-corrected chi connectivity index (χ3v) is 11.4. The van der Waals surface area contributed by atoms with Gasteiger partial charge in [-0.25, -0.2) is 8.78 Å². The van der Waals surface area contributed by atoms with Crippen LogP contribution in [-0.2, 0) is 29.7 Å².